The minimum absolute atomic E-state index is 0.200. The van der Waals surface area contributed by atoms with E-state index in [2.05, 4.69) is 21.2 Å². The average molecular weight is 436 g/mol. The number of hydrogen-bond acceptors (Lipinski definition) is 3. The van der Waals surface area contributed by atoms with Gasteiger partial charge in [0.15, 0.2) is 0 Å². The van der Waals surface area contributed by atoms with Crippen LogP contribution in [0, 0.1) is 6.92 Å². The summed E-state index contributed by atoms with van der Waals surface area (Å²) >= 11 is 3.38. The molecular formula is C22H18BrN3O2. The number of imidazole rings is 1. The number of amides is 1. The van der Waals surface area contributed by atoms with E-state index in [1.807, 2.05) is 66.2 Å². The molecule has 2 aromatic carbocycles. The molecule has 0 unspecified atom stereocenters. The monoisotopic (exact) mass is 435 g/mol. The number of carbonyl (C=O) groups is 1. The van der Waals surface area contributed by atoms with Crippen LogP contribution in [0.25, 0.3) is 16.9 Å². The number of ether oxygens (including phenoxy) is 1. The van der Waals surface area contributed by atoms with E-state index >= 15 is 0 Å². The van der Waals surface area contributed by atoms with Crippen LogP contribution in [0.15, 0.2) is 71.5 Å². The molecule has 28 heavy (non-hydrogen) atoms. The quantitative estimate of drug-likeness (QED) is 0.470. The molecule has 0 saturated carbocycles. The van der Waals surface area contributed by atoms with Gasteiger partial charge < -0.3 is 14.5 Å². The summed E-state index contributed by atoms with van der Waals surface area (Å²) in [6.07, 6.45) is 3.96. The number of hydrogen-bond donors (Lipinski definition) is 1. The van der Waals surface area contributed by atoms with E-state index < -0.39 is 0 Å². The Bertz CT molecular complexity index is 1170. The first-order chi connectivity index (χ1) is 13.5. The maximum absolute atomic E-state index is 12.6. The van der Waals surface area contributed by atoms with Crippen molar-refractivity contribution in [1.29, 1.82) is 0 Å². The van der Waals surface area contributed by atoms with Crippen LogP contribution in [0.3, 0.4) is 0 Å². The minimum atomic E-state index is -0.200. The predicted molar refractivity (Wildman–Crippen MR) is 114 cm³/mol. The first-order valence-corrected chi connectivity index (χ1v) is 9.53. The number of halogens is 1. The molecule has 0 aliphatic carbocycles. The fourth-order valence-corrected chi connectivity index (χ4v) is 3.25. The summed E-state index contributed by atoms with van der Waals surface area (Å²) in [6.45, 7) is 2.04. The van der Waals surface area contributed by atoms with Crippen molar-refractivity contribution in [3.63, 3.8) is 0 Å². The van der Waals surface area contributed by atoms with Crippen molar-refractivity contribution in [2.24, 2.45) is 0 Å². The number of aryl methyl sites for hydroxylation is 1. The lowest BCUT2D eigenvalue weighted by Gasteiger charge is -2.11. The maximum Gasteiger partial charge on any atom is 0.255 e. The number of methoxy groups -OCH3 is 1. The molecule has 5 nitrogen and oxygen atoms in total. The molecule has 1 N–H and O–H groups in total. The summed E-state index contributed by atoms with van der Waals surface area (Å²) in [6, 6.07) is 16.9. The molecule has 4 aromatic rings. The van der Waals surface area contributed by atoms with E-state index in [4.69, 9.17) is 9.72 Å². The minimum Gasteiger partial charge on any atom is -0.495 e. The third kappa shape index (κ3) is 3.64. The first-order valence-electron chi connectivity index (χ1n) is 8.74. The van der Waals surface area contributed by atoms with Crippen molar-refractivity contribution in [2.75, 3.05) is 12.4 Å². The van der Waals surface area contributed by atoms with Crippen LogP contribution in [0.1, 0.15) is 15.9 Å². The summed E-state index contributed by atoms with van der Waals surface area (Å²) in [5, 5.41) is 2.94. The van der Waals surface area contributed by atoms with Crippen molar-refractivity contribution >= 4 is 33.2 Å². The number of pyridine rings is 1. The highest BCUT2D eigenvalue weighted by Gasteiger charge is 2.13. The zero-order valence-corrected chi connectivity index (χ0v) is 17.0. The number of rotatable bonds is 4. The van der Waals surface area contributed by atoms with Crippen molar-refractivity contribution < 1.29 is 9.53 Å². The SMILES string of the molecule is COc1ccc(-c2cn3ccc(C)cc3n2)cc1NC(=O)c1ccc(Br)cc1. The van der Waals surface area contributed by atoms with Crippen molar-refractivity contribution in [3.8, 4) is 17.0 Å². The zero-order chi connectivity index (χ0) is 19.7. The molecule has 140 valence electrons. The largest absolute Gasteiger partial charge is 0.495 e. The highest BCUT2D eigenvalue weighted by molar-refractivity contribution is 9.10. The summed E-state index contributed by atoms with van der Waals surface area (Å²) in [5.41, 5.74) is 4.92. The second-order valence-corrected chi connectivity index (χ2v) is 7.39. The molecule has 0 atom stereocenters. The van der Waals surface area contributed by atoms with Gasteiger partial charge in [-0.3, -0.25) is 4.79 Å². The van der Waals surface area contributed by atoms with Gasteiger partial charge in [0.25, 0.3) is 5.91 Å². The molecule has 2 aromatic heterocycles. The van der Waals surface area contributed by atoms with Gasteiger partial charge in [-0.15, -0.1) is 0 Å². The molecule has 0 spiro atoms. The smallest absolute Gasteiger partial charge is 0.255 e. The molecule has 0 fully saturated rings. The summed E-state index contributed by atoms with van der Waals surface area (Å²) in [7, 11) is 1.58. The predicted octanol–water partition coefficient (Wildman–Crippen LogP) is 5.33. The average Bonchev–Trinajstić information content (AvgIpc) is 3.11. The topological polar surface area (TPSA) is 55.6 Å². The van der Waals surface area contributed by atoms with Gasteiger partial charge in [0, 0.05) is 28.0 Å². The van der Waals surface area contributed by atoms with Crippen molar-refractivity contribution in [2.45, 2.75) is 6.92 Å². The Balaban J connectivity index is 1.68. The second kappa shape index (κ2) is 7.48. The molecule has 4 rings (SSSR count). The molecule has 0 radical (unpaired) electrons. The molecule has 0 aliphatic heterocycles. The van der Waals surface area contributed by atoms with Gasteiger partial charge in [-0.25, -0.2) is 4.98 Å². The highest BCUT2D eigenvalue weighted by atomic mass is 79.9. The lowest BCUT2D eigenvalue weighted by atomic mass is 10.1. The van der Waals surface area contributed by atoms with E-state index in [-0.39, 0.29) is 5.91 Å². The first kappa shape index (κ1) is 18.3. The van der Waals surface area contributed by atoms with Gasteiger partial charge in [-0.2, -0.15) is 0 Å². The van der Waals surface area contributed by atoms with Crippen LogP contribution in [-0.2, 0) is 0 Å². The van der Waals surface area contributed by atoms with Gasteiger partial charge in [-0.05, 0) is 67.1 Å². The van der Waals surface area contributed by atoms with E-state index in [1.165, 1.54) is 0 Å². The van der Waals surface area contributed by atoms with E-state index in [0.29, 0.717) is 17.0 Å². The van der Waals surface area contributed by atoms with Gasteiger partial charge in [0.05, 0.1) is 18.5 Å². The summed E-state index contributed by atoms with van der Waals surface area (Å²) in [4.78, 5) is 17.3. The molecule has 1 amide bonds. The van der Waals surface area contributed by atoms with Crippen LogP contribution >= 0.6 is 15.9 Å². The Hall–Kier alpha value is -3.12. The van der Waals surface area contributed by atoms with Gasteiger partial charge in [-0.1, -0.05) is 15.9 Å². The molecule has 6 heteroatoms. The number of nitrogens with one attached hydrogen (secondary N) is 1. The standard InChI is InChI=1S/C22H18BrN3O2/c1-14-9-10-26-13-19(24-21(26)11-14)16-5-8-20(28-2)18(12-16)25-22(27)15-3-6-17(23)7-4-15/h3-13H,1-2H3,(H,25,27). The van der Waals surface area contributed by atoms with Crippen molar-refractivity contribution in [1.82, 2.24) is 9.38 Å². The van der Waals surface area contributed by atoms with Crippen LogP contribution in [0.2, 0.25) is 0 Å². The number of fused-ring (bicyclic) bond motifs is 1. The Morgan fingerprint density at radius 2 is 1.89 bits per heavy atom. The number of benzene rings is 2. The maximum atomic E-state index is 12.6. The Kier molecular flexibility index (Phi) is 4.88. The van der Waals surface area contributed by atoms with Crippen LogP contribution < -0.4 is 10.1 Å². The number of anilines is 1. The Morgan fingerprint density at radius 3 is 2.64 bits per heavy atom. The van der Waals surface area contributed by atoms with Crippen LogP contribution in [-0.4, -0.2) is 22.4 Å². The Morgan fingerprint density at radius 1 is 1.11 bits per heavy atom. The lowest BCUT2D eigenvalue weighted by Crippen LogP contribution is -2.12. The fraction of sp³-hybridized carbons (Fsp3) is 0.0909. The Labute approximate surface area is 171 Å². The van der Waals surface area contributed by atoms with E-state index in [1.54, 1.807) is 19.2 Å². The molecule has 2 heterocycles. The van der Waals surface area contributed by atoms with Gasteiger partial charge >= 0.3 is 0 Å². The molecular weight excluding hydrogens is 418 g/mol. The van der Waals surface area contributed by atoms with Gasteiger partial charge in [0.1, 0.15) is 11.4 Å². The third-order valence-electron chi connectivity index (χ3n) is 4.47. The van der Waals surface area contributed by atoms with Crippen molar-refractivity contribution in [3.05, 3.63) is 82.6 Å². The number of aromatic nitrogens is 2. The summed E-state index contributed by atoms with van der Waals surface area (Å²) < 4.78 is 8.32. The second-order valence-electron chi connectivity index (χ2n) is 6.47. The van der Waals surface area contributed by atoms with E-state index in [0.717, 1.165) is 26.9 Å². The highest BCUT2D eigenvalue weighted by Crippen LogP contribution is 2.31. The number of nitrogens with zero attached hydrogens (tertiary/aromatic N) is 2. The number of carbonyl (C=O) groups excluding carboxylic acids is 1. The zero-order valence-electron chi connectivity index (χ0n) is 15.4. The lowest BCUT2D eigenvalue weighted by molar-refractivity contribution is 0.102. The fourth-order valence-electron chi connectivity index (χ4n) is 2.98. The van der Waals surface area contributed by atoms with Crippen LogP contribution in [0.4, 0.5) is 5.69 Å². The van der Waals surface area contributed by atoms with Gasteiger partial charge in [0.2, 0.25) is 0 Å². The molecule has 0 aliphatic rings. The normalized spacial score (nSPS) is 10.8. The summed E-state index contributed by atoms with van der Waals surface area (Å²) in [5.74, 6) is 0.391. The third-order valence-corrected chi connectivity index (χ3v) is 4.99. The van der Waals surface area contributed by atoms with Crippen LogP contribution in [0.5, 0.6) is 5.75 Å². The molecule has 0 saturated heterocycles. The van der Waals surface area contributed by atoms with E-state index in [9.17, 15) is 4.79 Å². The molecule has 0 bridgehead atoms.